The maximum absolute atomic E-state index is 13.6. The van der Waals surface area contributed by atoms with Crippen molar-refractivity contribution in [2.45, 2.75) is 111 Å². The van der Waals surface area contributed by atoms with Crippen molar-refractivity contribution in [2.24, 2.45) is 0 Å². The highest BCUT2D eigenvalue weighted by Gasteiger charge is 2.21. The minimum Gasteiger partial charge on any atom is -0.494 e. The molecule has 0 saturated carbocycles. The van der Waals surface area contributed by atoms with Crippen molar-refractivity contribution in [1.29, 1.82) is 0 Å². The molecule has 0 unspecified atom stereocenters. The molecule has 0 aliphatic carbocycles. The van der Waals surface area contributed by atoms with E-state index in [4.69, 9.17) is 4.74 Å². The highest BCUT2D eigenvalue weighted by molar-refractivity contribution is 5.94. The molecule has 0 aliphatic heterocycles. The Hall–Kier alpha value is -3.14. The van der Waals surface area contributed by atoms with Crippen molar-refractivity contribution in [3.63, 3.8) is 0 Å². The first-order valence-corrected chi connectivity index (χ1v) is 15.7. The van der Waals surface area contributed by atoms with Crippen LogP contribution in [0.25, 0.3) is 0 Å². The molecule has 216 valence electrons. The Morgan fingerprint density at radius 3 is 2.10 bits per heavy atom. The van der Waals surface area contributed by atoms with E-state index in [0.29, 0.717) is 13.1 Å². The summed E-state index contributed by atoms with van der Waals surface area (Å²) in [7, 11) is 0. The fourth-order valence-electron chi connectivity index (χ4n) is 5.19. The Balaban J connectivity index is 1.55. The molecule has 0 atom stereocenters. The van der Waals surface area contributed by atoms with Gasteiger partial charge in [-0.05, 0) is 48.7 Å². The number of nitrogens with zero attached hydrogens (tertiary/aromatic N) is 2. The fourth-order valence-corrected chi connectivity index (χ4v) is 5.19. The number of carbonyl (C=O) groups is 1. The molecule has 0 aliphatic rings. The van der Waals surface area contributed by atoms with Crippen molar-refractivity contribution in [2.75, 3.05) is 6.61 Å². The first kappa shape index (κ1) is 31.4. The second kappa shape index (κ2) is 18.3. The molecular formula is C36H51N2O2+. The summed E-state index contributed by atoms with van der Waals surface area (Å²) in [5.41, 5.74) is 4.16. The average Bonchev–Trinajstić information content (AvgIpc) is 2.98. The van der Waals surface area contributed by atoms with Crippen LogP contribution in [0.5, 0.6) is 5.75 Å². The number of benzene rings is 2. The Kier molecular flexibility index (Phi) is 14.3. The summed E-state index contributed by atoms with van der Waals surface area (Å²) in [6.45, 7) is 9.39. The number of amides is 1. The molecule has 3 aromatic rings. The third-order valence-electron chi connectivity index (χ3n) is 7.60. The molecule has 0 radical (unpaired) electrons. The summed E-state index contributed by atoms with van der Waals surface area (Å²) in [4.78, 5) is 15.6. The number of aryl methyl sites for hydroxylation is 2. The Bertz CT molecular complexity index is 1130. The number of pyridine rings is 1. The van der Waals surface area contributed by atoms with Crippen molar-refractivity contribution in [1.82, 2.24) is 4.90 Å². The molecule has 0 spiro atoms. The van der Waals surface area contributed by atoms with Crippen LogP contribution in [0.4, 0.5) is 0 Å². The molecule has 40 heavy (non-hydrogen) atoms. The van der Waals surface area contributed by atoms with E-state index in [0.717, 1.165) is 54.1 Å². The summed E-state index contributed by atoms with van der Waals surface area (Å²) >= 11 is 0. The number of unbranched alkanes of at least 4 members (excludes halogenated alkanes) is 9. The van der Waals surface area contributed by atoms with Crippen LogP contribution in [0.1, 0.15) is 112 Å². The lowest BCUT2D eigenvalue weighted by Crippen LogP contribution is -2.42. The zero-order valence-electron chi connectivity index (χ0n) is 25.2. The molecule has 4 heteroatoms. The highest BCUT2D eigenvalue weighted by Crippen LogP contribution is 2.21. The molecule has 1 amide bonds. The molecule has 1 heterocycles. The lowest BCUT2D eigenvalue weighted by atomic mass is 10.1. The van der Waals surface area contributed by atoms with Gasteiger partial charge in [0, 0.05) is 30.7 Å². The van der Waals surface area contributed by atoms with Crippen molar-refractivity contribution in [3.05, 3.63) is 95.3 Å². The number of hydrogen-bond donors (Lipinski definition) is 0. The summed E-state index contributed by atoms with van der Waals surface area (Å²) in [5, 5.41) is 0. The van der Waals surface area contributed by atoms with Crippen LogP contribution < -0.4 is 9.30 Å². The first-order chi connectivity index (χ1) is 19.6. The van der Waals surface area contributed by atoms with E-state index in [2.05, 4.69) is 67.9 Å². The van der Waals surface area contributed by atoms with Gasteiger partial charge in [-0.2, -0.15) is 0 Å². The van der Waals surface area contributed by atoms with Crippen LogP contribution in [0.15, 0.2) is 72.9 Å². The summed E-state index contributed by atoms with van der Waals surface area (Å²) in [6.07, 6.45) is 16.4. The maximum atomic E-state index is 13.6. The first-order valence-electron chi connectivity index (χ1n) is 15.7. The average molecular weight is 544 g/mol. The van der Waals surface area contributed by atoms with Gasteiger partial charge in [0.1, 0.15) is 18.8 Å². The summed E-state index contributed by atoms with van der Waals surface area (Å²) in [5.74, 6) is 0.968. The molecule has 0 bridgehead atoms. The van der Waals surface area contributed by atoms with Gasteiger partial charge in [0.25, 0.3) is 5.91 Å². The molecule has 0 N–H and O–H groups in total. The van der Waals surface area contributed by atoms with Gasteiger partial charge >= 0.3 is 0 Å². The SMILES string of the molecule is CCCCCCCCCCCCOc1ccc(CN(Cc2cccc[n+]2CCC)C(=O)c2ccccc2)c(C)c1. The zero-order chi connectivity index (χ0) is 28.4. The zero-order valence-corrected chi connectivity index (χ0v) is 25.2. The van der Waals surface area contributed by atoms with E-state index >= 15 is 0 Å². The molecule has 3 rings (SSSR count). The van der Waals surface area contributed by atoms with Gasteiger partial charge in [0.15, 0.2) is 6.20 Å². The molecule has 1 aromatic heterocycles. The predicted molar refractivity (Wildman–Crippen MR) is 165 cm³/mol. The molecular weight excluding hydrogens is 492 g/mol. The van der Waals surface area contributed by atoms with Gasteiger partial charge in [-0.1, -0.05) is 102 Å². The standard InChI is InChI=1S/C36H51N2O2/c1-4-6-7-8-9-10-11-12-13-19-27-40-35-24-23-33(31(3)28-35)29-38(36(39)32-20-15-14-16-21-32)30-34-22-17-18-26-37(34)25-5-2/h14-18,20-24,26,28H,4-13,19,25,27,29-30H2,1-3H3/q+1. The van der Waals surface area contributed by atoms with E-state index in [1.165, 1.54) is 57.8 Å². The Morgan fingerprint density at radius 2 is 1.43 bits per heavy atom. The summed E-state index contributed by atoms with van der Waals surface area (Å²) < 4.78 is 8.34. The van der Waals surface area contributed by atoms with Gasteiger partial charge in [-0.3, -0.25) is 4.79 Å². The Morgan fingerprint density at radius 1 is 0.750 bits per heavy atom. The lowest BCUT2D eigenvalue weighted by molar-refractivity contribution is -0.705. The van der Waals surface area contributed by atoms with E-state index in [1.54, 1.807) is 0 Å². The molecule has 2 aromatic carbocycles. The van der Waals surface area contributed by atoms with E-state index in [1.807, 2.05) is 35.2 Å². The van der Waals surface area contributed by atoms with Gasteiger partial charge in [-0.25, -0.2) is 4.57 Å². The smallest absolute Gasteiger partial charge is 0.254 e. The third kappa shape index (κ3) is 10.8. The van der Waals surface area contributed by atoms with E-state index < -0.39 is 0 Å². The van der Waals surface area contributed by atoms with Crippen molar-refractivity contribution < 1.29 is 14.1 Å². The topological polar surface area (TPSA) is 33.4 Å². The van der Waals surface area contributed by atoms with E-state index in [9.17, 15) is 4.79 Å². The van der Waals surface area contributed by atoms with Gasteiger partial charge in [0.2, 0.25) is 5.69 Å². The quantitative estimate of drug-likeness (QED) is 0.112. The fraction of sp³-hybridized carbons (Fsp3) is 0.500. The van der Waals surface area contributed by atoms with Crippen LogP contribution in [0, 0.1) is 6.92 Å². The van der Waals surface area contributed by atoms with Gasteiger partial charge in [-0.15, -0.1) is 0 Å². The number of carbonyl (C=O) groups excluding carboxylic acids is 1. The van der Waals surface area contributed by atoms with Crippen molar-refractivity contribution in [3.8, 4) is 5.75 Å². The van der Waals surface area contributed by atoms with Crippen LogP contribution >= 0.6 is 0 Å². The van der Waals surface area contributed by atoms with Gasteiger partial charge in [0.05, 0.1) is 6.61 Å². The molecule has 0 saturated heterocycles. The highest BCUT2D eigenvalue weighted by atomic mass is 16.5. The third-order valence-corrected chi connectivity index (χ3v) is 7.60. The second-order valence-corrected chi connectivity index (χ2v) is 11.0. The Labute approximate surface area is 243 Å². The largest absolute Gasteiger partial charge is 0.494 e. The van der Waals surface area contributed by atoms with E-state index in [-0.39, 0.29) is 5.91 Å². The number of rotatable bonds is 19. The number of hydrogen-bond acceptors (Lipinski definition) is 2. The maximum Gasteiger partial charge on any atom is 0.254 e. The van der Waals surface area contributed by atoms with Crippen LogP contribution in [-0.2, 0) is 19.6 Å². The lowest BCUT2D eigenvalue weighted by Gasteiger charge is -2.23. The monoisotopic (exact) mass is 543 g/mol. The molecule has 0 fully saturated rings. The second-order valence-electron chi connectivity index (χ2n) is 11.0. The summed E-state index contributed by atoms with van der Waals surface area (Å²) in [6, 6.07) is 22.1. The van der Waals surface area contributed by atoms with Gasteiger partial charge < -0.3 is 9.64 Å². The van der Waals surface area contributed by atoms with Crippen LogP contribution in [0.3, 0.4) is 0 Å². The molecule has 4 nitrogen and oxygen atoms in total. The predicted octanol–water partition coefficient (Wildman–Crippen LogP) is 8.83. The normalized spacial score (nSPS) is 11.0. The number of aromatic nitrogens is 1. The van der Waals surface area contributed by atoms with Crippen molar-refractivity contribution >= 4 is 5.91 Å². The van der Waals surface area contributed by atoms with Crippen LogP contribution in [0.2, 0.25) is 0 Å². The number of ether oxygens (including phenoxy) is 1. The van der Waals surface area contributed by atoms with Crippen LogP contribution in [-0.4, -0.2) is 17.4 Å². The minimum absolute atomic E-state index is 0.0492. The minimum atomic E-state index is 0.0492.